The second-order valence-electron chi connectivity index (χ2n) is 9.34. The van der Waals surface area contributed by atoms with Gasteiger partial charge in [-0.15, -0.1) is 0 Å². The van der Waals surface area contributed by atoms with E-state index >= 15 is 0 Å². The average molecular weight is 325 g/mol. The Kier molecular flexibility index (Phi) is 3.97. The molecule has 0 radical (unpaired) electrons. The third kappa shape index (κ3) is 2.89. The zero-order valence-corrected chi connectivity index (χ0v) is 15.4. The monoisotopic (exact) mass is 325 g/mol. The quantitative estimate of drug-likeness (QED) is 0.760. The lowest BCUT2D eigenvalue weighted by molar-refractivity contribution is -0.124. The molecule has 0 atom stereocenters. The first-order valence-corrected chi connectivity index (χ1v) is 9.83. The van der Waals surface area contributed by atoms with Gasteiger partial charge in [0.25, 0.3) is 0 Å². The summed E-state index contributed by atoms with van der Waals surface area (Å²) < 4.78 is 0. The van der Waals surface area contributed by atoms with E-state index in [9.17, 15) is 4.79 Å². The molecule has 0 saturated heterocycles. The number of nitrogens with one attached hydrogen (secondary N) is 1. The molecule has 4 fully saturated rings. The van der Waals surface area contributed by atoms with Gasteiger partial charge in [0.15, 0.2) is 0 Å². The Bertz CT molecular complexity index is 610. The molecule has 2 heteroatoms. The van der Waals surface area contributed by atoms with E-state index in [1.54, 1.807) is 0 Å². The number of para-hydroxylation sites is 1. The first kappa shape index (κ1) is 16.2. The van der Waals surface area contributed by atoms with Gasteiger partial charge in [-0.1, -0.05) is 32.0 Å². The molecule has 0 unspecified atom stereocenters. The van der Waals surface area contributed by atoms with Crippen LogP contribution in [0.4, 0.5) is 5.69 Å². The van der Waals surface area contributed by atoms with Gasteiger partial charge >= 0.3 is 0 Å². The van der Waals surface area contributed by atoms with Crippen LogP contribution >= 0.6 is 0 Å². The minimum atomic E-state index is 0.244. The zero-order valence-electron chi connectivity index (χ0n) is 15.4. The van der Waals surface area contributed by atoms with Crippen molar-refractivity contribution in [2.24, 2.45) is 23.2 Å². The molecule has 0 spiro atoms. The Labute approximate surface area is 146 Å². The van der Waals surface area contributed by atoms with Gasteiger partial charge in [-0.05, 0) is 85.7 Å². The second kappa shape index (κ2) is 5.89. The zero-order chi connectivity index (χ0) is 16.9. The van der Waals surface area contributed by atoms with Crippen LogP contribution in [-0.4, -0.2) is 5.91 Å². The van der Waals surface area contributed by atoms with Crippen molar-refractivity contribution < 1.29 is 4.79 Å². The van der Waals surface area contributed by atoms with E-state index in [2.05, 4.69) is 44.3 Å². The fraction of sp³-hybridized carbons (Fsp3) is 0.682. The Morgan fingerprint density at radius 1 is 1.12 bits per heavy atom. The number of hydrogen-bond acceptors (Lipinski definition) is 1. The second-order valence-corrected chi connectivity index (χ2v) is 9.34. The molecule has 0 heterocycles. The molecule has 4 bridgehead atoms. The van der Waals surface area contributed by atoms with Gasteiger partial charge < -0.3 is 5.32 Å². The lowest BCUT2D eigenvalue weighted by atomic mass is 9.49. The average Bonchev–Trinajstić information content (AvgIpc) is 2.47. The third-order valence-electron chi connectivity index (χ3n) is 6.89. The van der Waals surface area contributed by atoms with Gasteiger partial charge in [0, 0.05) is 12.1 Å². The summed E-state index contributed by atoms with van der Waals surface area (Å²) in [5, 5.41) is 3.30. The highest BCUT2D eigenvalue weighted by molar-refractivity contribution is 5.93. The van der Waals surface area contributed by atoms with Crippen LogP contribution in [0.15, 0.2) is 18.2 Å². The molecular formula is C22H31NO. The van der Waals surface area contributed by atoms with Crippen molar-refractivity contribution >= 4 is 11.6 Å². The number of anilines is 1. The number of rotatable bonds is 4. The first-order chi connectivity index (χ1) is 11.4. The Balaban J connectivity index is 1.50. The molecule has 1 aromatic rings. The van der Waals surface area contributed by atoms with Gasteiger partial charge in [0.05, 0.1) is 0 Å². The lowest BCUT2D eigenvalue weighted by Gasteiger charge is -2.56. The molecule has 0 aromatic heterocycles. The largest absolute Gasteiger partial charge is 0.326 e. The Morgan fingerprint density at radius 2 is 1.71 bits per heavy atom. The van der Waals surface area contributed by atoms with Gasteiger partial charge in [0.1, 0.15) is 0 Å². The summed E-state index contributed by atoms with van der Waals surface area (Å²) in [6.45, 7) is 6.50. The van der Waals surface area contributed by atoms with Crippen LogP contribution in [0.1, 0.15) is 75.8 Å². The summed E-state index contributed by atoms with van der Waals surface area (Å²) in [5.74, 6) is 3.41. The highest BCUT2D eigenvalue weighted by Gasteiger charge is 2.51. The van der Waals surface area contributed by atoms with E-state index in [4.69, 9.17) is 0 Å². The summed E-state index contributed by atoms with van der Waals surface area (Å²) in [6.07, 6.45) is 8.97. The molecule has 130 valence electrons. The van der Waals surface area contributed by atoms with E-state index in [1.807, 2.05) is 0 Å². The normalized spacial score (nSPS) is 33.9. The number of carbonyl (C=O) groups is 1. The standard InChI is InChI=1S/C22H31NO/c1-14(2)19-6-4-5-15(3)21(19)23-20(24)13-22-10-16-7-17(11-22)9-18(8-16)12-22/h4-6,14,16-18H,7-13H2,1-3H3,(H,23,24). The van der Waals surface area contributed by atoms with Crippen molar-refractivity contribution in [1.82, 2.24) is 0 Å². The molecule has 4 aliphatic rings. The van der Waals surface area contributed by atoms with Crippen LogP contribution in [0, 0.1) is 30.1 Å². The van der Waals surface area contributed by atoms with Crippen LogP contribution in [0.25, 0.3) is 0 Å². The summed E-state index contributed by atoms with van der Waals surface area (Å²) in [5.41, 5.74) is 3.82. The SMILES string of the molecule is Cc1cccc(C(C)C)c1NC(=O)CC12CC3CC(CC(C3)C1)C2. The third-order valence-corrected chi connectivity index (χ3v) is 6.89. The predicted octanol–water partition coefficient (Wildman–Crippen LogP) is 5.66. The predicted molar refractivity (Wildman–Crippen MR) is 99.1 cm³/mol. The lowest BCUT2D eigenvalue weighted by Crippen LogP contribution is -2.47. The van der Waals surface area contributed by atoms with E-state index in [1.165, 1.54) is 49.7 Å². The maximum atomic E-state index is 12.9. The number of benzene rings is 1. The van der Waals surface area contributed by atoms with Crippen molar-refractivity contribution in [3.05, 3.63) is 29.3 Å². The first-order valence-electron chi connectivity index (χ1n) is 9.83. The van der Waals surface area contributed by atoms with Crippen LogP contribution < -0.4 is 5.32 Å². The van der Waals surface area contributed by atoms with Crippen LogP contribution in [0.3, 0.4) is 0 Å². The molecule has 5 rings (SSSR count). The van der Waals surface area contributed by atoms with E-state index < -0.39 is 0 Å². The van der Waals surface area contributed by atoms with Crippen molar-refractivity contribution in [2.45, 2.75) is 71.6 Å². The van der Waals surface area contributed by atoms with Crippen LogP contribution in [0.5, 0.6) is 0 Å². The molecule has 1 amide bonds. The molecule has 1 aromatic carbocycles. The molecule has 4 aliphatic carbocycles. The maximum Gasteiger partial charge on any atom is 0.224 e. The fourth-order valence-corrected chi connectivity index (χ4v) is 6.37. The number of amides is 1. The van der Waals surface area contributed by atoms with Crippen molar-refractivity contribution in [3.63, 3.8) is 0 Å². The smallest absolute Gasteiger partial charge is 0.224 e. The topological polar surface area (TPSA) is 29.1 Å². The summed E-state index contributed by atoms with van der Waals surface area (Å²) in [6, 6.07) is 6.35. The number of carbonyl (C=O) groups excluding carboxylic acids is 1. The van der Waals surface area contributed by atoms with Gasteiger partial charge in [-0.3, -0.25) is 4.79 Å². The summed E-state index contributed by atoms with van der Waals surface area (Å²) in [7, 11) is 0. The molecular weight excluding hydrogens is 294 g/mol. The summed E-state index contributed by atoms with van der Waals surface area (Å²) >= 11 is 0. The fourth-order valence-electron chi connectivity index (χ4n) is 6.37. The van der Waals surface area contributed by atoms with Crippen molar-refractivity contribution in [1.29, 1.82) is 0 Å². The number of hydrogen-bond donors (Lipinski definition) is 1. The van der Waals surface area contributed by atoms with Gasteiger partial charge in [-0.25, -0.2) is 0 Å². The highest BCUT2D eigenvalue weighted by Crippen LogP contribution is 2.61. The number of aryl methyl sites for hydroxylation is 1. The highest BCUT2D eigenvalue weighted by atomic mass is 16.1. The van der Waals surface area contributed by atoms with E-state index in [0.717, 1.165) is 29.9 Å². The van der Waals surface area contributed by atoms with Gasteiger partial charge in [0.2, 0.25) is 5.91 Å². The molecule has 0 aliphatic heterocycles. The maximum absolute atomic E-state index is 12.9. The minimum Gasteiger partial charge on any atom is -0.326 e. The van der Waals surface area contributed by atoms with Gasteiger partial charge in [-0.2, -0.15) is 0 Å². The van der Waals surface area contributed by atoms with E-state index in [-0.39, 0.29) is 5.91 Å². The van der Waals surface area contributed by atoms with Crippen molar-refractivity contribution in [2.75, 3.05) is 5.32 Å². The molecule has 4 saturated carbocycles. The molecule has 24 heavy (non-hydrogen) atoms. The van der Waals surface area contributed by atoms with Crippen LogP contribution in [0.2, 0.25) is 0 Å². The van der Waals surface area contributed by atoms with Crippen molar-refractivity contribution in [3.8, 4) is 0 Å². The van der Waals surface area contributed by atoms with Crippen LogP contribution in [-0.2, 0) is 4.79 Å². The minimum absolute atomic E-state index is 0.244. The molecule has 2 nitrogen and oxygen atoms in total. The Morgan fingerprint density at radius 3 is 2.25 bits per heavy atom. The molecule has 1 N–H and O–H groups in total. The van der Waals surface area contributed by atoms with E-state index in [0.29, 0.717) is 11.3 Å². The summed E-state index contributed by atoms with van der Waals surface area (Å²) in [4.78, 5) is 12.9. The Hall–Kier alpha value is -1.31.